The van der Waals surface area contributed by atoms with Crippen molar-refractivity contribution in [3.63, 3.8) is 0 Å². The van der Waals surface area contributed by atoms with E-state index in [1.165, 1.54) is 17.0 Å². The van der Waals surface area contributed by atoms with Crippen molar-refractivity contribution in [1.82, 2.24) is 30.0 Å². The van der Waals surface area contributed by atoms with Crippen molar-refractivity contribution in [3.05, 3.63) is 46.5 Å². The van der Waals surface area contributed by atoms with Crippen LogP contribution >= 0.6 is 0 Å². The molecule has 3 aromatic rings. The average molecular weight is 479 g/mol. The van der Waals surface area contributed by atoms with E-state index in [1.54, 1.807) is 17.7 Å². The quantitative estimate of drug-likeness (QED) is 0.430. The first-order valence-corrected chi connectivity index (χ1v) is 11.2. The van der Waals surface area contributed by atoms with Gasteiger partial charge in [-0.15, -0.1) is 0 Å². The third-order valence-electron chi connectivity index (χ3n) is 6.18. The van der Waals surface area contributed by atoms with Gasteiger partial charge in [-0.1, -0.05) is 0 Å². The maximum atomic E-state index is 14.7. The number of hydrogen-bond acceptors (Lipinski definition) is 7. The van der Waals surface area contributed by atoms with E-state index in [9.17, 15) is 23.6 Å². The van der Waals surface area contributed by atoms with E-state index < -0.39 is 23.8 Å². The fourth-order valence-corrected chi connectivity index (χ4v) is 4.46. The Labute approximate surface area is 198 Å². The number of anilines is 1. The average Bonchev–Trinajstić information content (AvgIpc) is 3.30. The summed E-state index contributed by atoms with van der Waals surface area (Å²) in [4.78, 5) is 58.9. The number of aryl methyl sites for hydroxylation is 1. The van der Waals surface area contributed by atoms with Crippen molar-refractivity contribution in [2.45, 2.75) is 52.2 Å². The molecule has 2 N–H and O–H groups in total. The van der Waals surface area contributed by atoms with Crippen molar-refractivity contribution in [3.8, 4) is 0 Å². The molecule has 1 atom stereocenters. The summed E-state index contributed by atoms with van der Waals surface area (Å²) in [6.45, 7) is 5.56. The third kappa shape index (κ3) is 3.80. The zero-order chi connectivity index (χ0) is 25.0. The molecule has 12 heteroatoms. The molecule has 1 fully saturated rings. The van der Waals surface area contributed by atoms with Crippen molar-refractivity contribution < 1.29 is 23.6 Å². The molecule has 4 heterocycles. The molecular weight excluding hydrogens is 457 g/mol. The number of rotatable bonds is 4. The number of aromatic nitrogens is 4. The van der Waals surface area contributed by atoms with Crippen LogP contribution in [0.15, 0.2) is 18.2 Å². The Balaban J connectivity index is 1.39. The molecule has 4 amide bonds. The first-order chi connectivity index (χ1) is 16.6. The molecule has 180 valence electrons. The molecule has 0 aliphatic carbocycles. The largest absolute Gasteiger partial charge is 0.322 e. The van der Waals surface area contributed by atoms with Crippen molar-refractivity contribution in [2.75, 3.05) is 5.32 Å². The van der Waals surface area contributed by atoms with Gasteiger partial charge in [0, 0.05) is 30.1 Å². The van der Waals surface area contributed by atoms with E-state index in [-0.39, 0.29) is 59.8 Å². The minimum Gasteiger partial charge on any atom is -0.322 e. The van der Waals surface area contributed by atoms with Crippen LogP contribution in [-0.4, -0.2) is 54.3 Å². The first-order valence-electron chi connectivity index (χ1n) is 11.2. The number of amides is 4. The fourth-order valence-electron chi connectivity index (χ4n) is 4.46. The maximum absolute atomic E-state index is 14.7. The highest BCUT2D eigenvalue weighted by Crippen LogP contribution is 2.29. The number of nitrogens with zero attached hydrogens (tertiary/aromatic N) is 5. The first kappa shape index (κ1) is 22.6. The molecule has 5 rings (SSSR count). The van der Waals surface area contributed by atoms with Crippen LogP contribution in [0.3, 0.4) is 0 Å². The predicted molar refractivity (Wildman–Crippen MR) is 121 cm³/mol. The Morgan fingerprint density at radius 3 is 2.71 bits per heavy atom. The van der Waals surface area contributed by atoms with Crippen LogP contribution in [0.1, 0.15) is 64.7 Å². The third-order valence-corrected chi connectivity index (χ3v) is 6.18. The van der Waals surface area contributed by atoms with E-state index in [0.717, 1.165) is 0 Å². The topological polar surface area (TPSA) is 139 Å². The Bertz CT molecular complexity index is 1430. The summed E-state index contributed by atoms with van der Waals surface area (Å²) in [6.07, 6.45) is 0.399. The minimum atomic E-state index is -0.783. The second-order valence-corrected chi connectivity index (χ2v) is 8.89. The Morgan fingerprint density at radius 2 is 2.00 bits per heavy atom. The van der Waals surface area contributed by atoms with E-state index in [2.05, 4.69) is 25.7 Å². The fraction of sp³-hybridized carbons (Fsp3) is 0.348. The van der Waals surface area contributed by atoms with Gasteiger partial charge in [0.2, 0.25) is 23.7 Å². The van der Waals surface area contributed by atoms with Crippen LogP contribution in [-0.2, 0) is 16.1 Å². The van der Waals surface area contributed by atoms with Crippen LogP contribution in [0.25, 0.3) is 11.0 Å². The molecular formula is C23H22FN7O4. The van der Waals surface area contributed by atoms with E-state index in [4.69, 9.17) is 0 Å². The molecule has 0 radical (unpaired) electrons. The van der Waals surface area contributed by atoms with Crippen LogP contribution in [0.4, 0.5) is 10.3 Å². The van der Waals surface area contributed by atoms with Gasteiger partial charge in [0.1, 0.15) is 6.04 Å². The van der Waals surface area contributed by atoms with Crippen molar-refractivity contribution in [1.29, 1.82) is 0 Å². The van der Waals surface area contributed by atoms with Gasteiger partial charge in [-0.3, -0.25) is 29.8 Å². The van der Waals surface area contributed by atoms with E-state index in [1.807, 2.05) is 13.8 Å². The maximum Gasteiger partial charge on any atom is 0.258 e. The summed E-state index contributed by atoms with van der Waals surface area (Å²) in [5, 5.41) is 9.27. The summed E-state index contributed by atoms with van der Waals surface area (Å²) in [6, 6.07) is 3.71. The van der Waals surface area contributed by atoms with Gasteiger partial charge in [-0.05, 0) is 51.0 Å². The zero-order valence-electron chi connectivity index (χ0n) is 19.3. The van der Waals surface area contributed by atoms with Crippen molar-refractivity contribution >= 4 is 40.6 Å². The van der Waals surface area contributed by atoms with Gasteiger partial charge in [0.15, 0.2) is 5.65 Å². The molecule has 11 nitrogen and oxygen atoms in total. The number of piperidine rings is 1. The van der Waals surface area contributed by atoms with Gasteiger partial charge in [0.25, 0.3) is 11.8 Å². The van der Waals surface area contributed by atoms with Crippen LogP contribution in [0.5, 0.6) is 0 Å². The molecule has 1 unspecified atom stereocenters. The van der Waals surface area contributed by atoms with Gasteiger partial charge < -0.3 is 4.90 Å². The lowest BCUT2D eigenvalue weighted by atomic mass is 10.0. The summed E-state index contributed by atoms with van der Waals surface area (Å²) in [5.74, 6) is -2.78. The summed E-state index contributed by atoms with van der Waals surface area (Å²) < 4.78 is 16.2. The van der Waals surface area contributed by atoms with Gasteiger partial charge in [-0.2, -0.15) is 19.5 Å². The van der Waals surface area contributed by atoms with E-state index >= 15 is 0 Å². The number of benzene rings is 1. The van der Waals surface area contributed by atoms with Crippen LogP contribution in [0, 0.1) is 12.9 Å². The van der Waals surface area contributed by atoms with Gasteiger partial charge >= 0.3 is 0 Å². The zero-order valence-corrected chi connectivity index (χ0v) is 19.3. The molecule has 1 saturated heterocycles. The SMILES string of the molecule is Cc1nn(C(C)C)c2nc(NC(=O)c3ccc4c(c3)CN(C3CCC(=O)NC3=O)C4=O)nc(F)c12. The lowest BCUT2D eigenvalue weighted by Gasteiger charge is -2.29. The summed E-state index contributed by atoms with van der Waals surface area (Å²) >= 11 is 0. The molecule has 0 bridgehead atoms. The molecule has 0 spiro atoms. The Kier molecular flexibility index (Phi) is 5.30. The second kappa shape index (κ2) is 8.22. The van der Waals surface area contributed by atoms with E-state index in [0.29, 0.717) is 16.8 Å². The Hall–Kier alpha value is -4.22. The molecule has 2 aromatic heterocycles. The molecule has 35 heavy (non-hydrogen) atoms. The van der Waals surface area contributed by atoms with Gasteiger partial charge in [-0.25, -0.2) is 4.68 Å². The van der Waals surface area contributed by atoms with Crippen LogP contribution in [0.2, 0.25) is 0 Å². The smallest absolute Gasteiger partial charge is 0.258 e. The molecule has 0 saturated carbocycles. The normalized spacial score (nSPS) is 17.8. The predicted octanol–water partition coefficient (Wildman–Crippen LogP) is 1.87. The molecule has 1 aromatic carbocycles. The lowest BCUT2D eigenvalue weighted by Crippen LogP contribution is -2.52. The monoisotopic (exact) mass is 479 g/mol. The lowest BCUT2D eigenvalue weighted by molar-refractivity contribution is -0.136. The highest BCUT2D eigenvalue weighted by molar-refractivity contribution is 6.07. The number of halogens is 1. The molecule has 2 aliphatic rings. The minimum absolute atomic E-state index is 0.0781. The second-order valence-electron chi connectivity index (χ2n) is 8.89. The number of carbonyl (C=O) groups is 4. The number of carbonyl (C=O) groups excluding carboxylic acids is 4. The molecule has 2 aliphatic heterocycles. The number of hydrogen-bond donors (Lipinski definition) is 2. The van der Waals surface area contributed by atoms with Crippen molar-refractivity contribution in [2.24, 2.45) is 0 Å². The Morgan fingerprint density at radius 1 is 1.23 bits per heavy atom. The number of fused-ring (bicyclic) bond motifs is 2. The highest BCUT2D eigenvalue weighted by atomic mass is 19.1. The summed E-state index contributed by atoms with van der Waals surface area (Å²) in [5.41, 5.74) is 1.90. The number of nitrogens with one attached hydrogen (secondary N) is 2. The van der Waals surface area contributed by atoms with Gasteiger partial charge in [0.05, 0.1) is 11.1 Å². The standard InChI is InChI=1S/C23H22FN7O4/c1-10(2)31-19-17(11(3)29-31)18(24)26-23(27-19)28-20(33)12-4-5-14-13(8-12)9-30(22(14)35)15-6-7-16(32)25-21(15)34/h4-5,8,10,15H,6-7,9H2,1-3H3,(H,25,32,34)(H,26,27,28,33). The van der Waals surface area contributed by atoms with Crippen LogP contribution < -0.4 is 10.6 Å². The summed E-state index contributed by atoms with van der Waals surface area (Å²) in [7, 11) is 0. The highest BCUT2D eigenvalue weighted by Gasteiger charge is 2.39. The number of imide groups is 1.